The maximum atomic E-state index is 12.1. The highest BCUT2D eigenvalue weighted by Crippen LogP contribution is 2.25. The first kappa shape index (κ1) is 13.8. The Morgan fingerprint density at radius 2 is 2.37 bits per heavy atom. The number of aliphatic hydroxyl groups is 1. The van der Waals surface area contributed by atoms with Crippen LogP contribution in [-0.4, -0.2) is 35.9 Å². The molecule has 0 saturated carbocycles. The maximum absolute atomic E-state index is 12.1. The predicted octanol–water partition coefficient (Wildman–Crippen LogP) is 0.847. The van der Waals surface area contributed by atoms with Gasteiger partial charge in [0.25, 0.3) is 5.91 Å². The van der Waals surface area contributed by atoms with Crippen molar-refractivity contribution in [3.05, 3.63) is 29.3 Å². The molecule has 1 fully saturated rings. The van der Waals surface area contributed by atoms with Crippen molar-refractivity contribution in [2.75, 3.05) is 18.9 Å². The average Bonchev–Trinajstić information content (AvgIpc) is 2.71. The standard InChI is InChI=1S/C14H20N2O3/c1-9-11(4-3-5-12(9)15)13(17)16-8-14(18)6-7-19-10(14)2/h3-5,10,18H,6-8,15H2,1-2H3,(H,16,17). The van der Waals surface area contributed by atoms with Gasteiger partial charge in [-0.25, -0.2) is 0 Å². The molecule has 1 aromatic rings. The Bertz CT molecular complexity index is 490. The molecule has 19 heavy (non-hydrogen) atoms. The fraction of sp³-hybridized carbons (Fsp3) is 0.500. The molecule has 0 radical (unpaired) electrons. The first-order valence-electron chi connectivity index (χ1n) is 6.41. The van der Waals surface area contributed by atoms with Crippen LogP contribution in [0.3, 0.4) is 0 Å². The van der Waals surface area contributed by atoms with Gasteiger partial charge < -0.3 is 20.9 Å². The number of hydrogen-bond donors (Lipinski definition) is 3. The topological polar surface area (TPSA) is 84.6 Å². The van der Waals surface area contributed by atoms with E-state index in [1.807, 2.05) is 6.92 Å². The van der Waals surface area contributed by atoms with Crippen molar-refractivity contribution in [1.82, 2.24) is 5.32 Å². The van der Waals surface area contributed by atoms with Gasteiger partial charge >= 0.3 is 0 Å². The van der Waals surface area contributed by atoms with Gasteiger partial charge in [0.15, 0.2) is 0 Å². The van der Waals surface area contributed by atoms with Gasteiger partial charge in [0.2, 0.25) is 0 Å². The molecule has 0 aromatic heterocycles. The number of benzene rings is 1. The summed E-state index contributed by atoms with van der Waals surface area (Å²) in [5.74, 6) is -0.225. The van der Waals surface area contributed by atoms with Crippen molar-refractivity contribution in [3.8, 4) is 0 Å². The summed E-state index contributed by atoms with van der Waals surface area (Å²) in [6, 6.07) is 5.22. The van der Waals surface area contributed by atoms with Crippen LogP contribution in [0.15, 0.2) is 18.2 Å². The van der Waals surface area contributed by atoms with Gasteiger partial charge in [0.1, 0.15) is 5.60 Å². The largest absolute Gasteiger partial charge is 0.398 e. The second-order valence-corrected chi connectivity index (χ2v) is 5.07. The van der Waals surface area contributed by atoms with E-state index >= 15 is 0 Å². The molecule has 0 spiro atoms. The Kier molecular flexibility index (Phi) is 3.78. The van der Waals surface area contributed by atoms with Crippen LogP contribution in [0, 0.1) is 6.92 Å². The lowest BCUT2D eigenvalue weighted by Crippen LogP contribution is -2.47. The summed E-state index contributed by atoms with van der Waals surface area (Å²) >= 11 is 0. The number of anilines is 1. The fourth-order valence-corrected chi connectivity index (χ4v) is 2.23. The molecule has 0 aliphatic carbocycles. The lowest BCUT2D eigenvalue weighted by molar-refractivity contribution is -0.0251. The highest BCUT2D eigenvalue weighted by molar-refractivity contribution is 5.96. The number of carbonyl (C=O) groups is 1. The maximum Gasteiger partial charge on any atom is 0.251 e. The summed E-state index contributed by atoms with van der Waals surface area (Å²) in [6.45, 7) is 4.32. The van der Waals surface area contributed by atoms with Crippen LogP contribution in [0.5, 0.6) is 0 Å². The molecule has 4 N–H and O–H groups in total. The van der Waals surface area contributed by atoms with Gasteiger partial charge in [-0.15, -0.1) is 0 Å². The van der Waals surface area contributed by atoms with Crippen molar-refractivity contribution in [3.63, 3.8) is 0 Å². The van der Waals surface area contributed by atoms with Crippen LogP contribution < -0.4 is 11.1 Å². The van der Waals surface area contributed by atoms with Crippen LogP contribution >= 0.6 is 0 Å². The highest BCUT2D eigenvalue weighted by atomic mass is 16.5. The summed E-state index contributed by atoms with van der Waals surface area (Å²) in [5.41, 5.74) is 6.67. The monoisotopic (exact) mass is 264 g/mol. The molecule has 0 bridgehead atoms. The molecular weight excluding hydrogens is 244 g/mol. The van der Waals surface area contributed by atoms with Crippen LogP contribution in [0.25, 0.3) is 0 Å². The number of nitrogens with two attached hydrogens (primary N) is 1. The van der Waals surface area contributed by atoms with E-state index < -0.39 is 5.60 Å². The predicted molar refractivity (Wildman–Crippen MR) is 72.9 cm³/mol. The number of nitrogens with one attached hydrogen (secondary N) is 1. The summed E-state index contributed by atoms with van der Waals surface area (Å²) < 4.78 is 5.33. The van der Waals surface area contributed by atoms with E-state index in [1.165, 1.54) is 0 Å². The third-order valence-corrected chi connectivity index (χ3v) is 3.83. The van der Waals surface area contributed by atoms with Gasteiger partial charge in [0, 0.05) is 30.8 Å². The number of ether oxygens (including phenoxy) is 1. The molecule has 2 unspecified atom stereocenters. The normalized spacial score (nSPS) is 26.4. The first-order chi connectivity index (χ1) is 8.94. The van der Waals surface area contributed by atoms with E-state index in [4.69, 9.17) is 10.5 Å². The first-order valence-corrected chi connectivity index (χ1v) is 6.41. The van der Waals surface area contributed by atoms with Crippen molar-refractivity contribution >= 4 is 11.6 Å². The van der Waals surface area contributed by atoms with Gasteiger partial charge in [-0.3, -0.25) is 4.79 Å². The quantitative estimate of drug-likeness (QED) is 0.706. The molecule has 2 rings (SSSR count). The SMILES string of the molecule is Cc1c(N)cccc1C(=O)NCC1(O)CCOC1C. The lowest BCUT2D eigenvalue weighted by atomic mass is 9.96. The van der Waals surface area contributed by atoms with E-state index in [0.29, 0.717) is 24.3 Å². The molecular formula is C14H20N2O3. The summed E-state index contributed by atoms with van der Waals surface area (Å²) in [6.07, 6.45) is 0.263. The minimum atomic E-state index is -0.982. The molecule has 104 valence electrons. The number of amides is 1. The van der Waals surface area contributed by atoms with E-state index in [9.17, 15) is 9.90 Å². The zero-order valence-electron chi connectivity index (χ0n) is 11.3. The summed E-state index contributed by atoms with van der Waals surface area (Å²) in [4.78, 5) is 12.1. The zero-order chi connectivity index (χ0) is 14.0. The Morgan fingerprint density at radius 3 is 3.00 bits per heavy atom. The molecule has 1 saturated heterocycles. The molecule has 5 nitrogen and oxygen atoms in total. The molecule has 2 atom stereocenters. The zero-order valence-corrected chi connectivity index (χ0v) is 11.3. The second-order valence-electron chi connectivity index (χ2n) is 5.07. The Hall–Kier alpha value is -1.59. The van der Waals surface area contributed by atoms with E-state index in [2.05, 4.69) is 5.32 Å². The van der Waals surface area contributed by atoms with Crippen LogP contribution in [0.4, 0.5) is 5.69 Å². The second kappa shape index (κ2) is 5.19. The number of nitrogen functional groups attached to an aromatic ring is 1. The third-order valence-electron chi connectivity index (χ3n) is 3.83. The average molecular weight is 264 g/mol. The Morgan fingerprint density at radius 1 is 1.63 bits per heavy atom. The van der Waals surface area contributed by atoms with Crippen molar-refractivity contribution < 1.29 is 14.6 Å². The van der Waals surface area contributed by atoms with Crippen LogP contribution in [0.1, 0.15) is 29.3 Å². The van der Waals surface area contributed by atoms with Gasteiger partial charge in [-0.2, -0.15) is 0 Å². The van der Waals surface area contributed by atoms with E-state index in [0.717, 1.165) is 5.56 Å². The van der Waals surface area contributed by atoms with Gasteiger partial charge in [-0.05, 0) is 31.5 Å². The molecule has 1 aromatic carbocycles. The Labute approximate surface area is 112 Å². The number of rotatable bonds is 3. The summed E-state index contributed by atoms with van der Waals surface area (Å²) in [5, 5.41) is 13.1. The minimum Gasteiger partial charge on any atom is -0.398 e. The Balaban J connectivity index is 2.04. The molecule has 1 aliphatic rings. The highest BCUT2D eigenvalue weighted by Gasteiger charge is 2.39. The molecule has 1 amide bonds. The number of hydrogen-bond acceptors (Lipinski definition) is 4. The minimum absolute atomic E-state index is 0.182. The van der Waals surface area contributed by atoms with E-state index in [-0.39, 0.29) is 18.6 Å². The summed E-state index contributed by atoms with van der Waals surface area (Å²) in [7, 11) is 0. The van der Waals surface area contributed by atoms with Gasteiger partial charge in [-0.1, -0.05) is 6.07 Å². The molecule has 1 aliphatic heterocycles. The molecule has 5 heteroatoms. The smallest absolute Gasteiger partial charge is 0.251 e. The lowest BCUT2D eigenvalue weighted by Gasteiger charge is -2.26. The van der Waals surface area contributed by atoms with Crippen molar-refractivity contribution in [1.29, 1.82) is 0 Å². The van der Waals surface area contributed by atoms with E-state index in [1.54, 1.807) is 25.1 Å². The van der Waals surface area contributed by atoms with Crippen LogP contribution in [0.2, 0.25) is 0 Å². The number of carbonyl (C=O) groups excluding carboxylic acids is 1. The fourth-order valence-electron chi connectivity index (χ4n) is 2.23. The third kappa shape index (κ3) is 2.72. The molecule has 1 heterocycles. The van der Waals surface area contributed by atoms with Crippen LogP contribution in [-0.2, 0) is 4.74 Å². The van der Waals surface area contributed by atoms with Gasteiger partial charge in [0.05, 0.1) is 6.10 Å². The van der Waals surface area contributed by atoms with Crippen molar-refractivity contribution in [2.45, 2.75) is 32.0 Å². The van der Waals surface area contributed by atoms with Crippen molar-refractivity contribution in [2.24, 2.45) is 0 Å².